The van der Waals surface area contributed by atoms with Gasteiger partial charge in [0.1, 0.15) is 5.60 Å². The van der Waals surface area contributed by atoms with Gasteiger partial charge in [0, 0.05) is 5.92 Å². The van der Waals surface area contributed by atoms with E-state index in [0.29, 0.717) is 12.3 Å². The van der Waals surface area contributed by atoms with E-state index >= 15 is 0 Å². The van der Waals surface area contributed by atoms with E-state index in [1.807, 2.05) is 26.0 Å². The second kappa shape index (κ2) is 6.80. The van der Waals surface area contributed by atoms with Gasteiger partial charge in [0.2, 0.25) is 0 Å². The highest BCUT2D eigenvalue weighted by Gasteiger charge is 2.33. The van der Waals surface area contributed by atoms with Crippen LogP contribution in [0, 0.1) is 5.92 Å². The summed E-state index contributed by atoms with van der Waals surface area (Å²) in [6, 6.07) is 0. The SMILES string of the molecule is CC/C=C\CC(=O)OC(C)(C)C1CCNCC1. The Morgan fingerprint density at radius 3 is 2.59 bits per heavy atom. The number of hydrogen-bond donors (Lipinski definition) is 1. The molecule has 17 heavy (non-hydrogen) atoms. The van der Waals surface area contributed by atoms with Crippen LogP contribution in [0.2, 0.25) is 0 Å². The lowest BCUT2D eigenvalue weighted by atomic mass is 9.83. The molecule has 3 nitrogen and oxygen atoms in total. The Morgan fingerprint density at radius 2 is 2.00 bits per heavy atom. The summed E-state index contributed by atoms with van der Waals surface area (Å²) in [4.78, 5) is 11.7. The Labute approximate surface area is 105 Å². The molecule has 1 saturated heterocycles. The Hall–Kier alpha value is -0.830. The molecule has 3 heteroatoms. The molecule has 0 spiro atoms. The highest BCUT2D eigenvalue weighted by Crippen LogP contribution is 2.29. The van der Waals surface area contributed by atoms with Crippen molar-refractivity contribution in [2.75, 3.05) is 13.1 Å². The van der Waals surface area contributed by atoms with Gasteiger partial charge in [0.05, 0.1) is 6.42 Å². The molecule has 1 fully saturated rings. The molecule has 0 bridgehead atoms. The van der Waals surface area contributed by atoms with E-state index in [1.165, 1.54) is 0 Å². The van der Waals surface area contributed by atoms with Crippen molar-refractivity contribution in [1.82, 2.24) is 5.32 Å². The molecule has 0 unspecified atom stereocenters. The van der Waals surface area contributed by atoms with Gasteiger partial charge in [-0.25, -0.2) is 0 Å². The highest BCUT2D eigenvalue weighted by atomic mass is 16.6. The average Bonchev–Trinajstić information content (AvgIpc) is 2.30. The van der Waals surface area contributed by atoms with Gasteiger partial charge in [-0.15, -0.1) is 0 Å². The second-order valence-electron chi connectivity index (χ2n) is 5.19. The molecule has 0 aromatic heterocycles. The van der Waals surface area contributed by atoms with E-state index < -0.39 is 0 Å². The minimum absolute atomic E-state index is 0.113. The summed E-state index contributed by atoms with van der Waals surface area (Å²) >= 11 is 0. The van der Waals surface area contributed by atoms with Gasteiger partial charge in [0.25, 0.3) is 0 Å². The lowest BCUT2D eigenvalue weighted by Gasteiger charge is -2.36. The molecule has 0 aliphatic carbocycles. The largest absolute Gasteiger partial charge is 0.459 e. The van der Waals surface area contributed by atoms with Crippen molar-refractivity contribution < 1.29 is 9.53 Å². The maximum atomic E-state index is 11.7. The molecule has 1 rings (SSSR count). The van der Waals surface area contributed by atoms with Gasteiger partial charge in [-0.2, -0.15) is 0 Å². The van der Waals surface area contributed by atoms with Crippen molar-refractivity contribution in [3.8, 4) is 0 Å². The van der Waals surface area contributed by atoms with E-state index in [9.17, 15) is 4.79 Å². The molecule has 0 atom stereocenters. The maximum absolute atomic E-state index is 11.7. The van der Waals surface area contributed by atoms with Crippen LogP contribution in [0.3, 0.4) is 0 Å². The van der Waals surface area contributed by atoms with E-state index in [-0.39, 0.29) is 11.6 Å². The van der Waals surface area contributed by atoms with Crippen molar-refractivity contribution in [1.29, 1.82) is 0 Å². The summed E-state index contributed by atoms with van der Waals surface area (Å²) in [6.45, 7) is 8.18. The molecule has 1 heterocycles. The zero-order valence-electron chi connectivity index (χ0n) is 11.3. The Bertz CT molecular complexity index is 265. The van der Waals surface area contributed by atoms with E-state index in [2.05, 4.69) is 12.2 Å². The highest BCUT2D eigenvalue weighted by molar-refractivity contribution is 5.71. The minimum atomic E-state index is -0.334. The molecule has 0 amide bonds. The zero-order valence-corrected chi connectivity index (χ0v) is 11.3. The first kappa shape index (κ1) is 14.2. The molecular weight excluding hydrogens is 214 g/mol. The number of ether oxygens (including phenoxy) is 1. The van der Waals surface area contributed by atoms with E-state index in [4.69, 9.17) is 4.74 Å². The number of carbonyl (C=O) groups excluding carboxylic acids is 1. The first-order valence-corrected chi connectivity index (χ1v) is 6.64. The first-order chi connectivity index (χ1) is 8.06. The van der Waals surface area contributed by atoms with E-state index in [1.54, 1.807) is 0 Å². The Morgan fingerprint density at radius 1 is 1.35 bits per heavy atom. The molecule has 1 aliphatic heterocycles. The summed E-state index contributed by atoms with van der Waals surface area (Å²) in [5.74, 6) is 0.362. The predicted molar refractivity (Wildman–Crippen MR) is 69.8 cm³/mol. The third-order valence-corrected chi connectivity index (χ3v) is 3.39. The number of hydrogen-bond acceptors (Lipinski definition) is 3. The second-order valence-corrected chi connectivity index (χ2v) is 5.19. The van der Waals surface area contributed by atoms with Crippen LogP contribution >= 0.6 is 0 Å². The van der Waals surface area contributed by atoms with Gasteiger partial charge in [-0.1, -0.05) is 19.1 Å². The van der Waals surface area contributed by atoms with Gasteiger partial charge in [0.15, 0.2) is 0 Å². The van der Waals surface area contributed by atoms with Crippen LogP contribution in [0.5, 0.6) is 0 Å². The van der Waals surface area contributed by atoms with Crippen molar-refractivity contribution in [2.24, 2.45) is 5.92 Å². The summed E-state index contributed by atoms with van der Waals surface area (Å²) in [6.07, 6.45) is 7.42. The smallest absolute Gasteiger partial charge is 0.310 e. The summed E-state index contributed by atoms with van der Waals surface area (Å²) in [5, 5.41) is 3.33. The fourth-order valence-corrected chi connectivity index (χ4v) is 2.28. The lowest BCUT2D eigenvalue weighted by molar-refractivity contribution is -0.161. The first-order valence-electron chi connectivity index (χ1n) is 6.64. The quantitative estimate of drug-likeness (QED) is 0.592. The molecule has 0 radical (unpaired) electrons. The fourth-order valence-electron chi connectivity index (χ4n) is 2.28. The number of esters is 1. The summed E-state index contributed by atoms with van der Waals surface area (Å²) in [5.41, 5.74) is -0.334. The monoisotopic (exact) mass is 239 g/mol. The van der Waals surface area contributed by atoms with Crippen LogP contribution in [-0.4, -0.2) is 24.7 Å². The molecule has 0 aromatic rings. The van der Waals surface area contributed by atoms with Gasteiger partial charge >= 0.3 is 5.97 Å². The number of allylic oxidation sites excluding steroid dienone is 1. The zero-order chi connectivity index (χ0) is 12.7. The van der Waals surface area contributed by atoms with Crippen LogP contribution in [-0.2, 0) is 9.53 Å². The fraction of sp³-hybridized carbons (Fsp3) is 0.786. The van der Waals surface area contributed by atoms with Crippen molar-refractivity contribution in [3.05, 3.63) is 12.2 Å². The summed E-state index contributed by atoms with van der Waals surface area (Å²) in [7, 11) is 0. The molecule has 98 valence electrons. The lowest BCUT2D eigenvalue weighted by Crippen LogP contribution is -2.42. The minimum Gasteiger partial charge on any atom is -0.459 e. The Kier molecular flexibility index (Phi) is 5.69. The standard InChI is InChI=1S/C14H25NO2/c1-4-5-6-7-13(16)17-14(2,3)12-8-10-15-11-9-12/h5-6,12,15H,4,7-11H2,1-3H3/b6-5-. The number of rotatable bonds is 5. The van der Waals surface area contributed by atoms with Crippen LogP contribution in [0.15, 0.2) is 12.2 Å². The van der Waals surface area contributed by atoms with Crippen LogP contribution in [0.4, 0.5) is 0 Å². The molecular formula is C14H25NO2. The Balaban J connectivity index is 2.41. The third kappa shape index (κ3) is 4.90. The molecule has 1 aliphatic rings. The number of piperidine rings is 1. The van der Waals surface area contributed by atoms with Crippen molar-refractivity contribution in [2.45, 2.75) is 52.1 Å². The van der Waals surface area contributed by atoms with Crippen LogP contribution in [0.1, 0.15) is 46.5 Å². The van der Waals surface area contributed by atoms with E-state index in [0.717, 1.165) is 32.4 Å². The topological polar surface area (TPSA) is 38.3 Å². The maximum Gasteiger partial charge on any atom is 0.310 e. The van der Waals surface area contributed by atoms with Gasteiger partial charge < -0.3 is 10.1 Å². The average molecular weight is 239 g/mol. The van der Waals surface area contributed by atoms with Crippen LogP contribution < -0.4 is 5.32 Å². The molecule has 1 N–H and O–H groups in total. The van der Waals surface area contributed by atoms with Gasteiger partial charge in [-0.05, 0) is 46.2 Å². The van der Waals surface area contributed by atoms with Crippen molar-refractivity contribution >= 4 is 5.97 Å². The van der Waals surface area contributed by atoms with Crippen LogP contribution in [0.25, 0.3) is 0 Å². The normalized spacial score (nSPS) is 18.5. The summed E-state index contributed by atoms with van der Waals surface area (Å²) < 4.78 is 5.61. The van der Waals surface area contributed by atoms with Gasteiger partial charge in [-0.3, -0.25) is 4.79 Å². The van der Waals surface area contributed by atoms with Crippen molar-refractivity contribution in [3.63, 3.8) is 0 Å². The third-order valence-electron chi connectivity index (χ3n) is 3.39. The molecule has 0 saturated carbocycles. The number of carbonyl (C=O) groups is 1. The predicted octanol–water partition coefficient (Wildman–Crippen LogP) is 2.66. The number of nitrogens with one attached hydrogen (secondary N) is 1. The molecule has 0 aromatic carbocycles.